The molecule has 0 aliphatic heterocycles. The van der Waals surface area contributed by atoms with E-state index in [1.807, 2.05) is 6.07 Å². The van der Waals surface area contributed by atoms with Crippen molar-refractivity contribution in [2.45, 2.75) is 4.90 Å². The average molecular weight is 330 g/mol. The number of rotatable bonds is 5. The molecule has 23 heavy (non-hydrogen) atoms. The molecule has 118 valence electrons. The number of benzene rings is 2. The summed E-state index contributed by atoms with van der Waals surface area (Å²) in [5.74, 6) is 0.755. The van der Waals surface area contributed by atoms with Gasteiger partial charge in [0.1, 0.15) is 10.6 Å². The van der Waals surface area contributed by atoms with E-state index in [1.165, 1.54) is 19.4 Å². The van der Waals surface area contributed by atoms with Gasteiger partial charge in [-0.15, -0.1) is 0 Å². The lowest BCUT2D eigenvalue weighted by molar-refractivity contribution is 0.402. The van der Waals surface area contributed by atoms with Gasteiger partial charge in [-0.2, -0.15) is 0 Å². The minimum atomic E-state index is -3.76. The summed E-state index contributed by atoms with van der Waals surface area (Å²) in [6, 6.07) is 15.1. The normalized spacial score (nSPS) is 11.2. The van der Waals surface area contributed by atoms with Gasteiger partial charge in [-0.3, -0.25) is 4.72 Å². The van der Waals surface area contributed by atoms with E-state index in [4.69, 9.17) is 9.26 Å². The quantitative estimate of drug-likeness (QED) is 0.777. The summed E-state index contributed by atoms with van der Waals surface area (Å²) in [4.78, 5) is 0.0483. The lowest BCUT2D eigenvalue weighted by Gasteiger charge is -2.12. The zero-order valence-corrected chi connectivity index (χ0v) is 13.1. The number of para-hydroxylation sites is 1. The Kier molecular flexibility index (Phi) is 4.03. The highest BCUT2D eigenvalue weighted by molar-refractivity contribution is 7.92. The molecule has 1 heterocycles. The summed E-state index contributed by atoms with van der Waals surface area (Å²) in [6.07, 6.45) is 1.52. The zero-order valence-electron chi connectivity index (χ0n) is 12.3. The maximum absolute atomic E-state index is 12.6. The van der Waals surface area contributed by atoms with Gasteiger partial charge in [-0.1, -0.05) is 23.4 Å². The smallest absolute Gasteiger partial charge is 0.265 e. The number of ether oxygens (including phenoxy) is 1. The van der Waals surface area contributed by atoms with Crippen molar-refractivity contribution < 1.29 is 17.7 Å². The van der Waals surface area contributed by atoms with E-state index in [0.717, 1.165) is 0 Å². The number of hydrogen-bond donors (Lipinski definition) is 1. The summed E-state index contributed by atoms with van der Waals surface area (Å²) in [5, 5.41) is 3.63. The van der Waals surface area contributed by atoms with Crippen LogP contribution in [-0.4, -0.2) is 20.7 Å². The van der Waals surface area contributed by atoms with Crippen LogP contribution in [0.3, 0.4) is 0 Å². The number of sulfonamides is 1. The van der Waals surface area contributed by atoms with Gasteiger partial charge in [0.25, 0.3) is 10.0 Å². The third kappa shape index (κ3) is 3.19. The predicted molar refractivity (Wildman–Crippen MR) is 85.7 cm³/mol. The highest BCUT2D eigenvalue weighted by Gasteiger charge is 2.20. The first-order valence-electron chi connectivity index (χ1n) is 6.77. The van der Waals surface area contributed by atoms with Crippen LogP contribution in [0, 0.1) is 0 Å². The van der Waals surface area contributed by atoms with Crippen molar-refractivity contribution in [3.63, 3.8) is 0 Å². The molecule has 0 bridgehead atoms. The second-order valence-electron chi connectivity index (χ2n) is 4.71. The standard InChI is InChI=1S/C16H14N2O4S/c1-21-15-11-12(14-9-10-17-22-14)7-8-16(15)23(19,20)18-13-5-3-2-4-6-13/h2-11,18H,1H3. The van der Waals surface area contributed by atoms with E-state index in [0.29, 0.717) is 17.0 Å². The molecule has 0 aliphatic rings. The van der Waals surface area contributed by atoms with Gasteiger partial charge in [-0.05, 0) is 30.3 Å². The first-order chi connectivity index (χ1) is 11.1. The lowest BCUT2D eigenvalue weighted by atomic mass is 10.1. The molecule has 7 heteroatoms. The van der Waals surface area contributed by atoms with E-state index >= 15 is 0 Å². The van der Waals surface area contributed by atoms with Gasteiger partial charge < -0.3 is 9.26 Å². The monoisotopic (exact) mass is 330 g/mol. The summed E-state index contributed by atoms with van der Waals surface area (Å²) in [7, 11) is -2.35. The lowest BCUT2D eigenvalue weighted by Crippen LogP contribution is -2.14. The van der Waals surface area contributed by atoms with E-state index in [9.17, 15) is 8.42 Å². The number of nitrogens with zero attached hydrogens (tertiary/aromatic N) is 1. The first-order valence-corrected chi connectivity index (χ1v) is 8.25. The van der Waals surface area contributed by atoms with Crippen LogP contribution in [0.4, 0.5) is 5.69 Å². The molecule has 1 aromatic heterocycles. The van der Waals surface area contributed by atoms with Crippen LogP contribution in [0.1, 0.15) is 0 Å². The fourth-order valence-electron chi connectivity index (χ4n) is 2.12. The Hall–Kier alpha value is -2.80. The zero-order chi connectivity index (χ0) is 16.3. The van der Waals surface area contributed by atoms with E-state index < -0.39 is 10.0 Å². The molecule has 1 N–H and O–H groups in total. The third-order valence-electron chi connectivity index (χ3n) is 3.20. The van der Waals surface area contributed by atoms with Gasteiger partial charge in [-0.25, -0.2) is 8.42 Å². The summed E-state index contributed by atoms with van der Waals surface area (Å²) in [5.41, 5.74) is 1.16. The fourth-order valence-corrected chi connectivity index (χ4v) is 3.33. The Balaban J connectivity index is 1.98. The van der Waals surface area contributed by atoms with Crippen LogP contribution in [-0.2, 0) is 10.0 Å². The number of methoxy groups -OCH3 is 1. The fraction of sp³-hybridized carbons (Fsp3) is 0.0625. The molecule has 3 aromatic rings. The molecular weight excluding hydrogens is 316 g/mol. The Morgan fingerprint density at radius 1 is 1.09 bits per heavy atom. The molecule has 0 fully saturated rings. The van der Waals surface area contributed by atoms with Crippen molar-refractivity contribution in [2.24, 2.45) is 0 Å². The summed E-state index contributed by atoms with van der Waals surface area (Å²) < 4.78 is 37.9. The van der Waals surface area contributed by atoms with Gasteiger partial charge in [0, 0.05) is 17.3 Å². The van der Waals surface area contributed by atoms with Crippen LogP contribution in [0.2, 0.25) is 0 Å². The van der Waals surface area contributed by atoms with Crippen molar-refractivity contribution in [3.05, 3.63) is 60.8 Å². The molecule has 0 saturated carbocycles. The highest BCUT2D eigenvalue weighted by Crippen LogP contribution is 2.31. The van der Waals surface area contributed by atoms with Crippen molar-refractivity contribution in [1.82, 2.24) is 5.16 Å². The van der Waals surface area contributed by atoms with Gasteiger partial charge in [0.05, 0.1) is 13.3 Å². The number of aromatic nitrogens is 1. The second-order valence-corrected chi connectivity index (χ2v) is 6.36. The summed E-state index contributed by atoms with van der Waals surface area (Å²) in [6.45, 7) is 0. The maximum atomic E-state index is 12.6. The highest BCUT2D eigenvalue weighted by atomic mass is 32.2. The molecule has 2 aromatic carbocycles. The number of anilines is 1. The minimum Gasteiger partial charge on any atom is -0.495 e. The van der Waals surface area contributed by atoms with Gasteiger partial charge in [0.2, 0.25) is 0 Å². The number of nitrogens with one attached hydrogen (secondary N) is 1. The van der Waals surface area contributed by atoms with Crippen molar-refractivity contribution in [3.8, 4) is 17.1 Å². The Morgan fingerprint density at radius 2 is 1.87 bits per heavy atom. The molecule has 0 saturated heterocycles. The van der Waals surface area contributed by atoms with Crippen LogP contribution < -0.4 is 9.46 Å². The molecule has 0 radical (unpaired) electrons. The average Bonchev–Trinajstić information content (AvgIpc) is 3.09. The van der Waals surface area contributed by atoms with Crippen LogP contribution in [0.25, 0.3) is 11.3 Å². The third-order valence-corrected chi connectivity index (χ3v) is 4.62. The second kappa shape index (κ2) is 6.13. The molecule has 0 unspecified atom stereocenters. The molecule has 0 atom stereocenters. The molecule has 0 aliphatic carbocycles. The number of hydrogen-bond acceptors (Lipinski definition) is 5. The van der Waals surface area contributed by atoms with Crippen molar-refractivity contribution >= 4 is 15.7 Å². The minimum absolute atomic E-state index is 0.0483. The van der Waals surface area contributed by atoms with Crippen molar-refractivity contribution in [2.75, 3.05) is 11.8 Å². The first kappa shape index (κ1) is 15.1. The topological polar surface area (TPSA) is 81.4 Å². The maximum Gasteiger partial charge on any atom is 0.265 e. The van der Waals surface area contributed by atoms with Crippen LogP contribution in [0.5, 0.6) is 5.75 Å². The SMILES string of the molecule is COc1cc(-c2ccno2)ccc1S(=O)(=O)Nc1ccccc1. The Labute approximate surface area is 133 Å². The largest absolute Gasteiger partial charge is 0.495 e. The van der Waals surface area contributed by atoms with E-state index in [1.54, 1.807) is 42.5 Å². The molecule has 3 rings (SSSR count). The van der Waals surface area contributed by atoms with Crippen LogP contribution >= 0.6 is 0 Å². The van der Waals surface area contributed by atoms with E-state index in [2.05, 4.69) is 9.88 Å². The Morgan fingerprint density at radius 3 is 2.52 bits per heavy atom. The molecular formula is C16H14N2O4S. The van der Waals surface area contributed by atoms with Gasteiger partial charge in [0.15, 0.2) is 5.76 Å². The molecule has 6 nitrogen and oxygen atoms in total. The van der Waals surface area contributed by atoms with Crippen molar-refractivity contribution in [1.29, 1.82) is 0 Å². The Bertz CT molecular complexity index is 891. The molecule has 0 spiro atoms. The molecule has 0 amide bonds. The summed E-state index contributed by atoms with van der Waals surface area (Å²) >= 11 is 0. The van der Waals surface area contributed by atoms with Crippen LogP contribution in [0.15, 0.2) is 70.2 Å². The predicted octanol–water partition coefficient (Wildman–Crippen LogP) is 3.15. The van der Waals surface area contributed by atoms with Gasteiger partial charge >= 0.3 is 0 Å². The van der Waals surface area contributed by atoms with E-state index in [-0.39, 0.29) is 10.6 Å².